The molecule has 1 heterocycles. The summed E-state index contributed by atoms with van der Waals surface area (Å²) in [7, 11) is 1.60. The highest BCUT2D eigenvalue weighted by atomic mass is 32.1. The monoisotopic (exact) mass is 384 g/mol. The molecule has 0 saturated carbocycles. The summed E-state index contributed by atoms with van der Waals surface area (Å²) >= 11 is 5.22. The summed E-state index contributed by atoms with van der Waals surface area (Å²) in [6.45, 7) is 2.10. The van der Waals surface area contributed by atoms with E-state index in [1.165, 1.54) is 0 Å². The van der Waals surface area contributed by atoms with Crippen LogP contribution in [-0.4, -0.2) is 29.2 Å². The number of nitrogens with zero attached hydrogens (tertiary/aromatic N) is 1. The van der Waals surface area contributed by atoms with Gasteiger partial charge in [0.05, 0.1) is 7.11 Å². The van der Waals surface area contributed by atoms with Crippen molar-refractivity contribution < 1.29 is 14.3 Å². The molecule has 27 heavy (non-hydrogen) atoms. The van der Waals surface area contributed by atoms with Crippen molar-refractivity contribution in [2.24, 2.45) is 0 Å². The van der Waals surface area contributed by atoms with E-state index in [9.17, 15) is 9.59 Å². The van der Waals surface area contributed by atoms with Gasteiger partial charge in [0.2, 0.25) is 0 Å². The van der Waals surface area contributed by atoms with Crippen LogP contribution in [0, 0.1) is 0 Å². The van der Waals surface area contributed by atoms with Gasteiger partial charge in [-0.3, -0.25) is 10.2 Å². The highest BCUT2D eigenvalue weighted by molar-refractivity contribution is 7.80. The van der Waals surface area contributed by atoms with Crippen molar-refractivity contribution in [2.45, 2.75) is 19.0 Å². The maximum atomic E-state index is 12.8. The number of ether oxygens (including phenoxy) is 1. The number of imide groups is 1. The normalized spacial score (nSPS) is 18.8. The van der Waals surface area contributed by atoms with E-state index in [2.05, 4.69) is 16.1 Å². The Morgan fingerprint density at radius 3 is 2.44 bits per heavy atom. The standard InChI is InChI=1S/C19H20N4O3S/c1-19(14-6-4-3-5-7-14)16(24)23(18(25)21-19)22-17(27)20-12-13-8-10-15(26-2)11-9-13/h3-11H,12H2,1-2H3,(H,21,25)(H2,20,22,27)/t19-/m1/s1. The van der Waals surface area contributed by atoms with E-state index in [4.69, 9.17) is 17.0 Å². The Balaban J connectivity index is 1.62. The molecule has 8 heteroatoms. The van der Waals surface area contributed by atoms with Gasteiger partial charge >= 0.3 is 6.03 Å². The minimum absolute atomic E-state index is 0.173. The van der Waals surface area contributed by atoms with Crippen molar-refractivity contribution in [3.8, 4) is 5.75 Å². The van der Waals surface area contributed by atoms with Gasteiger partial charge in [0.1, 0.15) is 11.3 Å². The van der Waals surface area contributed by atoms with Crippen LogP contribution in [0.25, 0.3) is 0 Å². The van der Waals surface area contributed by atoms with Crippen molar-refractivity contribution >= 4 is 29.3 Å². The number of amides is 3. The van der Waals surface area contributed by atoms with Crippen LogP contribution < -0.4 is 20.8 Å². The number of carbonyl (C=O) groups is 2. The van der Waals surface area contributed by atoms with Gasteiger partial charge in [-0.05, 0) is 42.4 Å². The number of hydrogen-bond acceptors (Lipinski definition) is 4. The predicted octanol–water partition coefficient (Wildman–Crippen LogP) is 2.04. The second-order valence-corrected chi connectivity index (χ2v) is 6.61. The van der Waals surface area contributed by atoms with Gasteiger partial charge in [-0.25, -0.2) is 4.79 Å². The van der Waals surface area contributed by atoms with Gasteiger partial charge in [0.25, 0.3) is 5.91 Å². The largest absolute Gasteiger partial charge is 0.497 e. The van der Waals surface area contributed by atoms with Crippen molar-refractivity contribution in [1.29, 1.82) is 0 Å². The van der Waals surface area contributed by atoms with Crippen molar-refractivity contribution in [3.05, 3.63) is 65.7 Å². The molecule has 7 nitrogen and oxygen atoms in total. The lowest BCUT2D eigenvalue weighted by Crippen LogP contribution is -2.51. The molecule has 3 rings (SSSR count). The average Bonchev–Trinajstić information content (AvgIpc) is 2.91. The number of rotatable bonds is 5. The van der Waals surface area contributed by atoms with Crippen molar-refractivity contribution in [3.63, 3.8) is 0 Å². The lowest BCUT2D eigenvalue weighted by molar-refractivity contribution is -0.132. The SMILES string of the molecule is COc1ccc(CNC(=S)NN2C(=O)N[C@](C)(c3ccccc3)C2=O)cc1. The lowest BCUT2D eigenvalue weighted by Gasteiger charge is -2.22. The van der Waals surface area contributed by atoms with Crippen LogP contribution in [0.2, 0.25) is 0 Å². The highest BCUT2D eigenvalue weighted by Gasteiger charge is 2.49. The van der Waals surface area contributed by atoms with E-state index in [0.717, 1.165) is 16.3 Å². The fraction of sp³-hybridized carbons (Fsp3) is 0.211. The second-order valence-electron chi connectivity index (χ2n) is 6.20. The average molecular weight is 384 g/mol. The number of urea groups is 1. The van der Waals surface area contributed by atoms with E-state index >= 15 is 0 Å². The summed E-state index contributed by atoms with van der Waals surface area (Å²) in [4.78, 5) is 25.1. The maximum Gasteiger partial charge on any atom is 0.344 e. The van der Waals surface area contributed by atoms with E-state index in [1.54, 1.807) is 26.2 Å². The summed E-state index contributed by atoms with van der Waals surface area (Å²) in [5, 5.41) is 6.76. The van der Waals surface area contributed by atoms with Gasteiger partial charge in [0.15, 0.2) is 5.11 Å². The number of nitrogens with one attached hydrogen (secondary N) is 3. The van der Waals surface area contributed by atoms with E-state index in [0.29, 0.717) is 12.1 Å². The van der Waals surface area contributed by atoms with Gasteiger partial charge in [-0.1, -0.05) is 42.5 Å². The number of hydrazine groups is 1. The first-order valence-electron chi connectivity index (χ1n) is 8.33. The van der Waals surface area contributed by atoms with E-state index < -0.39 is 17.5 Å². The van der Waals surface area contributed by atoms with Crippen LogP contribution in [-0.2, 0) is 16.9 Å². The molecule has 1 atom stereocenters. The quantitative estimate of drug-likeness (QED) is 0.541. The molecule has 2 aromatic rings. The molecule has 1 aliphatic heterocycles. The Morgan fingerprint density at radius 1 is 1.15 bits per heavy atom. The molecule has 0 unspecified atom stereocenters. The molecule has 3 amide bonds. The minimum atomic E-state index is -1.14. The first kappa shape index (κ1) is 18.7. The van der Waals surface area contributed by atoms with Crippen LogP contribution in [0.3, 0.4) is 0 Å². The molecular formula is C19H20N4O3S. The molecule has 1 fully saturated rings. The lowest BCUT2D eigenvalue weighted by atomic mass is 9.92. The van der Waals surface area contributed by atoms with Crippen LogP contribution >= 0.6 is 12.2 Å². The predicted molar refractivity (Wildman–Crippen MR) is 105 cm³/mol. The number of methoxy groups -OCH3 is 1. The Bertz CT molecular complexity index is 857. The van der Waals surface area contributed by atoms with Gasteiger partial charge in [-0.15, -0.1) is 0 Å². The molecule has 140 valence electrons. The fourth-order valence-electron chi connectivity index (χ4n) is 2.77. The van der Waals surface area contributed by atoms with E-state index in [1.807, 2.05) is 42.5 Å². The summed E-state index contributed by atoms with van der Waals surface area (Å²) in [6, 6.07) is 16.0. The molecule has 0 aliphatic carbocycles. The molecule has 0 bridgehead atoms. The van der Waals surface area contributed by atoms with Crippen LogP contribution in [0.5, 0.6) is 5.75 Å². The smallest absolute Gasteiger partial charge is 0.344 e. The number of hydrogen-bond donors (Lipinski definition) is 3. The fourth-order valence-corrected chi connectivity index (χ4v) is 2.94. The van der Waals surface area contributed by atoms with Gasteiger partial charge in [0, 0.05) is 6.54 Å². The first-order chi connectivity index (χ1) is 12.9. The number of carbonyl (C=O) groups excluding carboxylic acids is 2. The Hall–Kier alpha value is -3.13. The summed E-state index contributed by atoms with van der Waals surface area (Å²) in [5.41, 5.74) is 3.20. The molecule has 3 N–H and O–H groups in total. The van der Waals surface area contributed by atoms with Crippen molar-refractivity contribution in [1.82, 2.24) is 21.1 Å². The number of thiocarbonyl (C=S) groups is 1. The summed E-state index contributed by atoms with van der Waals surface area (Å²) < 4.78 is 5.12. The molecule has 2 aromatic carbocycles. The van der Waals surface area contributed by atoms with Crippen LogP contribution in [0.4, 0.5) is 4.79 Å². The molecular weight excluding hydrogens is 364 g/mol. The van der Waals surface area contributed by atoms with Crippen LogP contribution in [0.1, 0.15) is 18.1 Å². The van der Waals surface area contributed by atoms with E-state index in [-0.39, 0.29) is 5.11 Å². The zero-order chi connectivity index (χ0) is 19.4. The Labute approximate surface area is 162 Å². The summed E-state index contributed by atoms with van der Waals surface area (Å²) in [5.74, 6) is 0.339. The van der Waals surface area contributed by atoms with Crippen molar-refractivity contribution in [2.75, 3.05) is 7.11 Å². The van der Waals surface area contributed by atoms with Gasteiger partial charge in [-0.2, -0.15) is 5.01 Å². The third-order valence-electron chi connectivity index (χ3n) is 4.37. The van der Waals surface area contributed by atoms with Gasteiger partial charge < -0.3 is 15.4 Å². The number of benzene rings is 2. The molecule has 0 aromatic heterocycles. The molecule has 0 radical (unpaired) electrons. The second kappa shape index (κ2) is 7.63. The summed E-state index contributed by atoms with van der Waals surface area (Å²) in [6.07, 6.45) is 0. The molecule has 1 saturated heterocycles. The molecule has 0 spiro atoms. The first-order valence-corrected chi connectivity index (χ1v) is 8.74. The minimum Gasteiger partial charge on any atom is -0.497 e. The third-order valence-corrected chi connectivity index (χ3v) is 4.60. The highest BCUT2D eigenvalue weighted by Crippen LogP contribution is 2.27. The third kappa shape index (κ3) is 3.85. The zero-order valence-corrected chi connectivity index (χ0v) is 15.8. The topological polar surface area (TPSA) is 82.7 Å². The molecule has 1 aliphatic rings. The Kier molecular flexibility index (Phi) is 5.27. The zero-order valence-electron chi connectivity index (χ0n) is 15.0. The maximum absolute atomic E-state index is 12.8. The van der Waals surface area contributed by atoms with Crippen LogP contribution in [0.15, 0.2) is 54.6 Å². The Morgan fingerprint density at radius 2 is 1.81 bits per heavy atom.